The topological polar surface area (TPSA) is 35.8 Å². The molecule has 2 nitrogen and oxygen atoms in total. The second-order valence-electron chi connectivity index (χ2n) is 3.35. The van der Waals surface area contributed by atoms with Gasteiger partial charge in [-0.3, -0.25) is 0 Å². The van der Waals surface area contributed by atoms with Crippen LogP contribution in [0.5, 0.6) is 0 Å². The van der Waals surface area contributed by atoms with E-state index < -0.39 is 0 Å². The molecule has 1 aromatic rings. The lowest BCUT2D eigenvalue weighted by Gasteiger charge is -2.06. The van der Waals surface area contributed by atoms with Crippen molar-refractivity contribution in [3.63, 3.8) is 0 Å². The minimum atomic E-state index is -0.0868. The molecule has 1 aliphatic rings. The van der Waals surface area contributed by atoms with Crippen LogP contribution in [0, 0.1) is 16.7 Å². The van der Waals surface area contributed by atoms with Crippen molar-refractivity contribution < 1.29 is 0 Å². The Kier molecular flexibility index (Phi) is 2.19. The van der Waals surface area contributed by atoms with Crippen molar-refractivity contribution >= 4 is 27.9 Å². The molecular formula is C9H9ClN2S. The van der Waals surface area contributed by atoms with Crippen molar-refractivity contribution in [1.82, 2.24) is 0 Å². The molecule has 1 N–H and O–H groups in total. The SMILES string of the molecule is N#CC1(CNc2ccc(Cl)s2)CC1. The van der Waals surface area contributed by atoms with Gasteiger partial charge in [0.05, 0.1) is 20.8 Å². The summed E-state index contributed by atoms with van der Waals surface area (Å²) in [6, 6.07) is 6.15. The molecule has 0 aromatic carbocycles. The molecule has 1 heterocycles. The van der Waals surface area contributed by atoms with Crippen LogP contribution in [0.3, 0.4) is 0 Å². The van der Waals surface area contributed by atoms with Gasteiger partial charge >= 0.3 is 0 Å². The molecule has 0 bridgehead atoms. The molecule has 0 amide bonds. The number of rotatable bonds is 3. The number of halogens is 1. The van der Waals surface area contributed by atoms with E-state index in [4.69, 9.17) is 16.9 Å². The Morgan fingerprint density at radius 1 is 1.62 bits per heavy atom. The number of nitrogens with zero attached hydrogens (tertiary/aromatic N) is 1. The maximum Gasteiger partial charge on any atom is 0.0950 e. The summed E-state index contributed by atoms with van der Waals surface area (Å²) in [5.74, 6) is 0. The molecule has 1 fully saturated rings. The fourth-order valence-electron chi connectivity index (χ4n) is 1.14. The van der Waals surface area contributed by atoms with Gasteiger partial charge in [-0.1, -0.05) is 11.6 Å². The number of hydrogen-bond donors (Lipinski definition) is 1. The number of nitriles is 1. The molecule has 0 saturated heterocycles. The van der Waals surface area contributed by atoms with Crippen LogP contribution < -0.4 is 5.32 Å². The van der Waals surface area contributed by atoms with Gasteiger partial charge < -0.3 is 5.32 Å². The van der Waals surface area contributed by atoms with Gasteiger partial charge in [-0.2, -0.15) is 5.26 Å². The molecule has 0 unspecified atom stereocenters. The highest BCUT2D eigenvalue weighted by Crippen LogP contribution is 2.45. The van der Waals surface area contributed by atoms with Gasteiger partial charge in [0.2, 0.25) is 0 Å². The summed E-state index contributed by atoms with van der Waals surface area (Å²) in [5, 5.41) is 13.1. The third-order valence-electron chi connectivity index (χ3n) is 2.26. The highest BCUT2D eigenvalue weighted by atomic mass is 35.5. The minimum absolute atomic E-state index is 0.0868. The van der Waals surface area contributed by atoms with Crippen molar-refractivity contribution in [2.45, 2.75) is 12.8 Å². The van der Waals surface area contributed by atoms with E-state index >= 15 is 0 Å². The van der Waals surface area contributed by atoms with Crippen LogP contribution in [0.2, 0.25) is 4.34 Å². The van der Waals surface area contributed by atoms with Crippen LogP contribution in [0.25, 0.3) is 0 Å². The summed E-state index contributed by atoms with van der Waals surface area (Å²) in [7, 11) is 0. The predicted octanol–water partition coefficient (Wildman–Crippen LogP) is 3.12. The quantitative estimate of drug-likeness (QED) is 0.836. The fourth-order valence-corrected chi connectivity index (χ4v) is 2.08. The Bertz CT molecular complexity index is 349. The monoisotopic (exact) mass is 212 g/mol. The Morgan fingerprint density at radius 2 is 2.38 bits per heavy atom. The first-order valence-corrected chi connectivity index (χ1v) is 5.34. The largest absolute Gasteiger partial charge is 0.375 e. The molecular weight excluding hydrogens is 204 g/mol. The first-order chi connectivity index (χ1) is 6.24. The zero-order valence-corrected chi connectivity index (χ0v) is 8.58. The first kappa shape index (κ1) is 8.86. The van der Waals surface area contributed by atoms with Gasteiger partial charge in [0.25, 0.3) is 0 Å². The summed E-state index contributed by atoms with van der Waals surface area (Å²) in [6.07, 6.45) is 2.05. The van der Waals surface area contributed by atoms with E-state index in [1.807, 2.05) is 12.1 Å². The molecule has 0 atom stereocenters. The maximum absolute atomic E-state index is 8.83. The Hall–Kier alpha value is -0.720. The number of anilines is 1. The van der Waals surface area contributed by atoms with Gasteiger partial charge in [0.15, 0.2) is 0 Å². The summed E-state index contributed by atoms with van der Waals surface area (Å²) in [4.78, 5) is 0. The average molecular weight is 213 g/mol. The van der Waals surface area contributed by atoms with Crippen LogP contribution in [0.4, 0.5) is 5.00 Å². The third kappa shape index (κ3) is 1.96. The lowest BCUT2D eigenvalue weighted by Crippen LogP contribution is -2.12. The van der Waals surface area contributed by atoms with E-state index in [1.165, 1.54) is 11.3 Å². The van der Waals surface area contributed by atoms with Crippen LogP contribution in [-0.4, -0.2) is 6.54 Å². The van der Waals surface area contributed by atoms with E-state index in [0.29, 0.717) is 0 Å². The molecule has 1 aliphatic carbocycles. The molecule has 0 radical (unpaired) electrons. The molecule has 0 aliphatic heterocycles. The molecule has 1 aromatic heterocycles. The molecule has 4 heteroatoms. The lowest BCUT2D eigenvalue weighted by molar-refractivity contribution is 0.712. The van der Waals surface area contributed by atoms with E-state index in [-0.39, 0.29) is 5.41 Å². The zero-order chi connectivity index (χ0) is 9.31. The van der Waals surface area contributed by atoms with Gasteiger partial charge in [-0.05, 0) is 25.0 Å². The zero-order valence-electron chi connectivity index (χ0n) is 7.01. The van der Waals surface area contributed by atoms with Crippen molar-refractivity contribution in [2.75, 3.05) is 11.9 Å². The molecule has 1 saturated carbocycles. The number of nitrogens with one attached hydrogen (secondary N) is 1. The molecule has 13 heavy (non-hydrogen) atoms. The summed E-state index contributed by atoms with van der Waals surface area (Å²) < 4.78 is 0.782. The Labute approximate surface area is 86.1 Å². The highest BCUT2D eigenvalue weighted by molar-refractivity contribution is 7.19. The summed E-state index contributed by atoms with van der Waals surface area (Å²) in [5.41, 5.74) is -0.0868. The van der Waals surface area contributed by atoms with Crippen LogP contribution >= 0.6 is 22.9 Å². The van der Waals surface area contributed by atoms with Crippen LogP contribution in [-0.2, 0) is 0 Å². The fraction of sp³-hybridized carbons (Fsp3) is 0.444. The second kappa shape index (κ2) is 3.21. The van der Waals surface area contributed by atoms with E-state index in [2.05, 4.69) is 11.4 Å². The lowest BCUT2D eigenvalue weighted by atomic mass is 10.1. The maximum atomic E-state index is 8.83. The number of thiophene rings is 1. The Morgan fingerprint density at radius 3 is 2.85 bits per heavy atom. The third-order valence-corrected chi connectivity index (χ3v) is 3.45. The van der Waals surface area contributed by atoms with Crippen molar-refractivity contribution in [3.05, 3.63) is 16.5 Å². The van der Waals surface area contributed by atoms with Crippen LogP contribution in [0.1, 0.15) is 12.8 Å². The average Bonchev–Trinajstić information content (AvgIpc) is 2.81. The minimum Gasteiger partial charge on any atom is -0.375 e. The van der Waals surface area contributed by atoms with Gasteiger partial charge in [-0.15, -0.1) is 11.3 Å². The van der Waals surface area contributed by atoms with E-state index in [1.54, 1.807) is 0 Å². The van der Waals surface area contributed by atoms with E-state index in [0.717, 1.165) is 28.7 Å². The Balaban J connectivity index is 1.90. The summed E-state index contributed by atoms with van der Waals surface area (Å²) in [6.45, 7) is 0.750. The van der Waals surface area contributed by atoms with E-state index in [9.17, 15) is 0 Å². The second-order valence-corrected chi connectivity index (χ2v) is 5.06. The van der Waals surface area contributed by atoms with Gasteiger partial charge in [0.1, 0.15) is 0 Å². The molecule has 2 rings (SSSR count). The normalized spacial score (nSPS) is 17.8. The summed E-state index contributed by atoms with van der Waals surface area (Å²) >= 11 is 7.29. The highest BCUT2D eigenvalue weighted by Gasteiger charge is 2.42. The van der Waals surface area contributed by atoms with Gasteiger partial charge in [0, 0.05) is 6.54 Å². The van der Waals surface area contributed by atoms with Gasteiger partial charge in [-0.25, -0.2) is 0 Å². The van der Waals surface area contributed by atoms with Crippen LogP contribution in [0.15, 0.2) is 12.1 Å². The van der Waals surface area contributed by atoms with Crippen molar-refractivity contribution in [3.8, 4) is 6.07 Å². The van der Waals surface area contributed by atoms with Crippen molar-refractivity contribution in [2.24, 2.45) is 5.41 Å². The smallest absolute Gasteiger partial charge is 0.0950 e. The molecule has 68 valence electrons. The molecule has 0 spiro atoms. The number of hydrogen-bond acceptors (Lipinski definition) is 3. The van der Waals surface area contributed by atoms with Crippen molar-refractivity contribution in [1.29, 1.82) is 5.26 Å². The standard InChI is InChI=1S/C9H9ClN2S/c10-7-1-2-8(13-7)12-6-9(5-11)3-4-9/h1-2,12H,3-4,6H2. The first-order valence-electron chi connectivity index (χ1n) is 4.15. The predicted molar refractivity (Wildman–Crippen MR) is 55.1 cm³/mol.